The zero-order valence-electron chi connectivity index (χ0n) is 11.1. The second kappa shape index (κ2) is 5.34. The molecule has 2 aliphatic rings. The highest BCUT2D eigenvalue weighted by Gasteiger charge is 2.42. The number of hydrogen-bond acceptors (Lipinski definition) is 4. The average molecular weight is 236 g/mol. The zero-order chi connectivity index (χ0) is 12.3. The van der Waals surface area contributed by atoms with Crippen molar-refractivity contribution >= 4 is 0 Å². The number of hydrogen-bond donors (Lipinski definition) is 1. The molecule has 2 unspecified atom stereocenters. The highest BCUT2D eigenvalue weighted by molar-refractivity contribution is 5.12. The Hall–Kier alpha value is -0.630. The molecule has 2 atom stereocenters. The summed E-state index contributed by atoms with van der Waals surface area (Å²) >= 11 is 0. The van der Waals surface area contributed by atoms with Crippen LogP contribution in [0.3, 0.4) is 0 Å². The van der Waals surface area contributed by atoms with Gasteiger partial charge < -0.3 is 10.2 Å². The molecular formula is C13H24N4. The third-order valence-electron chi connectivity index (χ3n) is 4.42. The van der Waals surface area contributed by atoms with Crippen LogP contribution < -0.4 is 5.32 Å². The number of nitriles is 1. The van der Waals surface area contributed by atoms with Gasteiger partial charge in [0.1, 0.15) is 5.54 Å². The molecule has 0 bridgehead atoms. The zero-order valence-corrected chi connectivity index (χ0v) is 11.1. The van der Waals surface area contributed by atoms with E-state index in [4.69, 9.17) is 0 Å². The van der Waals surface area contributed by atoms with E-state index in [1.54, 1.807) is 0 Å². The molecule has 2 heterocycles. The van der Waals surface area contributed by atoms with Gasteiger partial charge in [-0.05, 0) is 39.8 Å². The van der Waals surface area contributed by atoms with Crippen LogP contribution in [-0.2, 0) is 0 Å². The minimum atomic E-state index is -0.210. The van der Waals surface area contributed by atoms with Gasteiger partial charge in [0.05, 0.1) is 6.07 Å². The first-order valence-corrected chi connectivity index (χ1v) is 6.75. The highest BCUT2D eigenvalue weighted by atomic mass is 15.3. The summed E-state index contributed by atoms with van der Waals surface area (Å²) in [6, 6.07) is 3.15. The lowest BCUT2D eigenvalue weighted by Gasteiger charge is -2.46. The third kappa shape index (κ3) is 2.62. The lowest BCUT2D eigenvalue weighted by Crippen LogP contribution is -2.57. The van der Waals surface area contributed by atoms with E-state index in [-0.39, 0.29) is 5.54 Å². The van der Waals surface area contributed by atoms with Gasteiger partial charge in [0.2, 0.25) is 0 Å². The molecule has 2 saturated heterocycles. The van der Waals surface area contributed by atoms with E-state index in [9.17, 15) is 5.26 Å². The first-order chi connectivity index (χ1) is 8.18. The molecule has 0 aliphatic carbocycles. The Labute approximate surface area is 105 Å². The maximum atomic E-state index is 9.66. The van der Waals surface area contributed by atoms with Crippen LogP contribution >= 0.6 is 0 Å². The van der Waals surface area contributed by atoms with Crippen molar-refractivity contribution in [2.75, 3.05) is 39.8 Å². The standard InChI is InChI=1S/C13H24N4/c1-12-10-13(11-14,4-8-16(12)2)17-7-3-5-15-6-9-17/h12,15H,3-10H2,1-2H3. The Morgan fingerprint density at radius 1 is 1.29 bits per heavy atom. The minimum absolute atomic E-state index is 0.210. The predicted molar refractivity (Wildman–Crippen MR) is 68.7 cm³/mol. The van der Waals surface area contributed by atoms with Crippen LogP contribution in [0.2, 0.25) is 0 Å². The molecule has 2 fully saturated rings. The molecule has 0 aromatic rings. The van der Waals surface area contributed by atoms with Crippen LogP contribution in [0.4, 0.5) is 0 Å². The quantitative estimate of drug-likeness (QED) is 0.726. The lowest BCUT2D eigenvalue weighted by molar-refractivity contribution is 0.0467. The molecular weight excluding hydrogens is 212 g/mol. The Balaban J connectivity index is 2.10. The molecule has 2 rings (SSSR count). The summed E-state index contributed by atoms with van der Waals surface area (Å²) < 4.78 is 0. The number of nitrogens with one attached hydrogen (secondary N) is 1. The third-order valence-corrected chi connectivity index (χ3v) is 4.42. The fourth-order valence-electron chi connectivity index (χ4n) is 3.06. The highest BCUT2D eigenvalue weighted by Crippen LogP contribution is 2.31. The van der Waals surface area contributed by atoms with E-state index in [1.165, 1.54) is 0 Å². The van der Waals surface area contributed by atoms with Gasteiger partial charge in [0, 0.05) is 32.2 Å². The molecule has 0 amide bonds. The van der Waals surface area contributed by atoms with Gasteiger partial charge in [-0.3, -0.25) is 4.90 Å². The largest absolute Gasteiger partial charge is 0.315 e. The molecule has 0 aromatic heterocycles. The van der Waals surface area contributed by atoms with Crippen LogP contribution in [0, 0.1) is 11.3 Å². The molecule has 1 N–H and O–H groups in total. The first-order valence-electron chi connectivity index (χ1n) is 6.75. The maximum absolute atomic E-state index is 9.66. The molecule has 2 aliphatic heterocycles. The Morgan fingerprint density at radius 3 is 2.82 bits per heavy atom. The van der Waals surface area contributed by atoms with Crippen molar-refractivity contribution < 1.29 is 0 Å². The Kier molecular flexibility index (Phi) is 4.03. The van der Waals surface area contributed by atoms with Crippen molar-refractivity contribution in [2.24, 2.45) is 0 Å². The van der Waals surface area contributed by atoms with Gasteiger partial charge in [-0.1, -0.05) is 0 Å². The average Bonchev–Trinajstić information content (AvgIpc) is 2.62. The smallest absolute Gasteiger partial charge is 0.112 e. The predicted octanol–water partition coefficient (Wildman–Crippen LogP) is 0.658. The lowest BCUT2D eigenvalue weighted by atomic mass is 9.83. The van der Waals surface area contributed by atoms with Gasteiger partial charge in [0.15, 0.2) is 0 Å². The van der Waals surface area contributed by atoms with Crippen molar-refractivity contribution in [1.29, 1.82) is 5.26 Å². The molecule has 0 radical (unpaired) electrons. The molecule has 0 spiro atoms. The fraction of sp³-hybridized carbons (Fsp3) is 0.923. The van der Waals surface area contributed by atoms with Crippen LogP contribution in [0.5, 0.6) is 0 Å². The Bertz CT molecular complexity index is 290. The molecule has 0 saturated carbocycles. The molecule has 0 aromatic carbocycles. The van der Waals surface area contributed by atoms with Gasteiger partial charge in [-0.15, -0.1) is 0 Å². The van der Waals surface area contributed by atoms with E-state index in [1.807, 2.05) is 0 Å². The number of likely N-dealkylation sites (tertiary alicyclic amines) is 1. The van der Waals surface area contributed by atoms with Crippen molar-refractivity contribution in [3.63, 3.8) is 0 Å². The Morgan fingerprint density at radius 2 is 2.12 bits per heavy atom. The summed E-state index contributed by atoms with van der Waals surface area (Å²) in [7, 11) is 2.16. The first kappa shape index (κ1) is 12.8. The topological polar surface area (TPSA) is 42.3 Å². The van der Waals surface area contributed by atoms with Crippen molar-refractivity contribution in [1.82, 2.24) is 15.1 Å². The van der Waals surface area contributed by atoms with Gasteiger partial charge >= 0.3 is 0 Å². The summed E-state index contributed by atoms with van der Waals surface area (Å²) in [6.07, 6.45) is 3.14. The monoisotopic (exact) mass is 236 g/mol. The van der Waals surface area contributed by atoms with Gasteiger partial charge in [0.25, 0.3) is 0 Å². The summed E-state index contributed by atoms with van der Waals surface area (Å²) in [5.74, 6) is 0. The SMILES string of the molecule is CC1CC(C#N)(N2CCCNCC2)CCN1C. The van der Waals surface area contributed by atoms with E-state index in [0.717, 1.165) is 52.0 Å². The van der Waals surface area contributed by atoms with Crippen molar-refractivity contribution in [3.8, 4) is 6.07 Å². The van der Waals surface area contributed by atoms with Crippen molar-refractivity contribution in [3.05, 3.63) is 0 Å². The van der Waals surface area contributed by atoms with Crippen molar-refractivity contribution in [2.45, 2.75) is 37.8 Å². The second-order valence-corrected chi connectivity index (χ2v) is 5.52. The maximum Gasteiger partial charge on any atom is 0.112 e. The van der Waals surface area contributed by atoms with Gasteiger partial charge in [-0.2, -0.15) is 5.26 Å². The molecule has 96 valence electrons. The van der Waals surface area contributed by atoms with E-state index >= 15 is 0 Å². The van der Waals surface area contributed by atoms with Crippen LogP contribution in [0.1, 0.15) is 26.2 Å². The fourth-order valence-corrected chi connectivity index (χ4v) is 3.06. The summed E-state index contributed by atoms with van der Waals surface area (Å²) in [5, 5.41) is 13.1. The van der Waals surface area contributed by atoms with E-state index < -0.39 is 0 Å². The molecule has 4 nitrogen and oxygen atoms in total. The number of rotatable bonds is 1. The summed E-state index contributed by atoms with van der Waals surface area (Å²) in [6.45, 7) is 7.47. The normalized spacial score (nSPS) is 37.4. The molecule has 4 heteroatoms. The van der Waals surface area contributed by atoms with E-state index in [2.05, 4.69) is 35.2 Å². The second-order valence-electron chi connectivity index (χ2n) is 5.52. The van der Waals surface area contributed by atoms with E-state index in [0.29, 0.717) is 6.04 Å². The number of nitrogens with zero attached hydrogens (tertiary/aromatic N) is 3. The minimum Gasteiger partial charge on any atom is -0.315 e. The van der Waals surface area contributed by atoms with Crippen LogP contribution in [-0.4, -0.2) is 61.2 Å². The number of piperidine rings is 1. The van der Waals surface area contributed by atoms with Crippen LogP contribution in [0.25, 0.3) is 0 Å². The van der Waals surface area contributed by atoms with Crippen LogP contribution in [0.15, 0.2) is 0 Å². The van der Waals surface area contributed by atoms with Gasteiger partial charge in [-0.25, -0.2) is 0 Å². The summed E-state index contributed by atoms with van der Waals surface area (Å²) in [5.41, 5.74) is -0.210. The molecule has 17 heavy (non-hydrogen) atoms. The summed E-state index contributed by atoms with van der Waals surface area (Å²) in [4.78, 5) is 4.79.